The van der Waals surface area contributed by atoms with E-state index < -0.39 is 35.1 Å². The van der Waals surface area contributed by atoms with Crippen LogP contribution in [0.2, 0.25) is 0 Å². The smallest absolute Gasteiger partial charge is 0.328 e. The monoisotopic (exact) mass is 341 g/mol. The number of methoxy groups -OCH3 is 1. The summed E-state index contributed by atoms with van der Waals surface area (Å²) in [4.78, 5) is 23.9. The van der Waals surface area contributed by atoms with Gasteiger partial charge in [0.15, 0.2) is 11.6 Å². The highest BCUT2D eigenvalue weighted by molar-refractivity contribution is 5.97. The molecule has 1 aromatic rings. The second-order valence-electron chi connectivity index (χ2n) is 5.71. The molecule has 24 heavy (non-hydrogen) atoms. The number of nitrogens with one attached hydrogen (secondary N) is 1. The van der Waals surface area contributed by atoms with Gasteiger partial charge in [0, 0.05) is 0 Å². The van der Waals surface area contributed by atoms with Gasteiger partial charge in [-0.05, 0) is 18.6 Å². The van der Waals surface area contributed by atoms with Crippen molar-refractivity contribution in [1.29, 1.82) is 0 Å². The molecular weight excluding hydrogens is 316 g/mol. The molecule has 0 bridgehead atoms. The molecule has 0 aliphatic carbocycles. The van der Waals surface area contributed by atoms with E-state index in [0.717, 1.165) is 38.2 Å². The third kappa shape index (κ3) is 6.26. The van der Waals surface area contributed by atoms with Crippen LogP contribution in [0.5, 0.6) is 0 Å². The van der Waals surface area contributed by atoms with Crippen molar-refractivity contribution in [3.63, 3.8) is 0 Å². The van der Waals surface area contributed by atoms with Crippen LogP contribution < -0.4 is 5.32 Å². The van der Waals surface area contributed by atoms with Crippen LogP contribution in [0, 0.1) is 11.6 Å². The highest BCUT2D eigenvalue weighted by Gasteiger charge is 2.23. The van der Waals surface area contributed by atoms with Gasteiger partial charge < -0.3 is 10.1 Å². The molecule has 4 nitrogen and oxygen atoms in total. The Labute approximate surface area is 141 Å². The number of rotatable bonds is 10. The largest absolute Gasteiger partial charge is 0.467 e. The second-order valence-corrected chi connectivity index (χ2v) is 5.71. The van der Waals surface area contributed by atoms with Crippen molar-refractivity contribution in [2.75, 3.05) is 7.11 Å². The molecule has 0 aliphatic rings. The van der Waals surface area contributed by atoms with E-state index in [1.807, 2.05) is 0 Å². The van der Waals surface area contributed by atoms with Gasteiger partial charge in [-0.25, -0.2) is 13.6 Å². The summed E-state index contributed by atoms with van der Waals surface area (Å²) in [6, 6.07) is 2.48. The Kier molecular flexibility index (Phi) is 8.97. The van der Waals surface area contributed by atoms with Gasteiger partial charge in [0.25, 0.3) is 5.91 Å². The lowest BCUT2D eigenvalue weighted by Crippen LogP contribution is -2.41. The maximum Gasteiger partial charge on any atom is 0.328 e. The van der Waals surface area contributed by atoms with Gasteiger partial charge in [0.1, 0.15) is 6.04 Å². The van der Waals surface area contributed by atoms with E-state index in [0.29, 0.717) is 6.42 Å². The van der Waals surface area contributed by atoms with Gasteiger partial charge in [-0.15, -0.1) is 0 Å². The zero-order chi connectivity index (χ0) is 17.9. The van der Waals surface area contributed by atoms with Crippen molar-refractivity contribution >= 4 is 11.9 Å². The lowest BCUT2D eigenvalue weighted by molar-refractivity contribution is -0.143. The fraction of sp³-hybridized carbons (Fsp3) is 0.556. The molecule has 0 saturated heterocycles. The van der Waals surface area contributed by atoms with Crippen LogP contribution in [0.25, 0.3) is 0 Å². The highest BCUT2D eigenvalue weighted by Crippen LogP contribution is 2.13. The van der Waals surface area contributed by atoms with E-state index in [4.69, 9.17) is 0 Å². The second kappa shape index (κ2) is 10.7. The third-order valence-corrected chi connectivity index (χ3v) is 3.83. The first-order chi connectivity index (χ1) is 11.5. The number of benzene rings is 1. The van der Waals surface area contributed by atoms with Crippen LogP contribution in [0.4, 0.5) is 8.78 Å². The molecule has 134 valence electrons. The molecule has 1 atom stereocenters. The molecule has 1 amide bonds. The minimum atomic E-state index is -1.22. The first kappa shape index (κ1) is 20.1. The number of carbonyl (C=O) groups excluding carboxylic acids is 2. The topological polar surface area (TPSA) is 55.4 Å². The molecule has 0 spiro atoms. The predicted octanol–water partition coefficient (Wildman–Crippen LogP) is 3.99. The van der Waals surface area contributed by atoms with Crippen molar-refractivity contribution in [3.8, 4) is 0 Å². The van der Waals surface area contributed by atoms with E-state index in [1.54, 1.807) is 0 Å². The molecular formula is C18H25F2NO3. The van der Waals surface area contributed by atoms with Crippen LogP contribution in [0.3, 0.4) is 0 Å². The van der Waals surface area contributed by atoms with Gasteiger partial charge in [0.05, 0.1) is 12.7 Å². The molecule has 0 saturated carbocycles. The minimum absolute atomic E-state index is 0.404. The Hall–Kier alpha value is -1.98. The number of unbranched alkanes of at least 4 members (excludes halogenated alkanes) is 5. The van der Waals surface area contributed by atoms with Crippen LogP contribution >= 0.6 is 0 Å². The Morgan fingerprint density at radius 1 is 1.12 bits per heavy atom. The zero-order valence-corrected chi connectivity index (χ0v) is 14.2. The van der Waals surface area contributed by atoms with Gasteiger partial charge in [-0.3, -0.25) is 4.79 Å². The molecule has 0 aromatic heterocycles. The molecule has 1 rings (SSSR count). The number of ether oxygens (including phenoxy) is 1. The Balaban J connectivity index is 2.60. The van der Waals surface area contributed by atoms with Crippen molar-refractivity contribution in [3.05, 3.63) is 35.4 Å². The SMILES string of the molecule is CCCCCCCC[C@@H](NC(=O)c1cccc(F)c1F)C(=O)OC. The Bertz CT molecular complexity index is 549. The van der Waals surface area contributed by atoms with Gasteiger partial charge in [-0.2, -0.15) is 0 Å². The van der Waals surface area contributed by atoms with Crippen molar-refractivity contribution in [2.45, 2.75) is 57.9 Å². The van der Waals surface area contributed by atoms with E-state index in [9.17, 15) is 18.4 Å². The lowest BCUT2D eigenvalue weighted by Gasteiger charge is -2.16. The molecule has 0 unspecified atom stereocenters. The number of esters is 1. The number of hydrogen-bond donors (Lipinski definition) is 1. The lowest BCUT2D eigenvalue weighted by atomic mass is 10.0. The summed E-state index contributed by atoms with van der Waals surface area (Å²) in [6.07, 6.45) is 6.62. The molecule has 6 heteroatoms. The van der Waals surface area contributed by atoms with Crippen molar-refractivity contribution < 1.29 is 23.1 Å². The van der Waals surface area contributed by atoms with Crippen molar-refractivity contribution in [2.24, 2.45) is 0 Å². The Morgan fingerprint density at radius 3 is 2.46 bits per heavy atom. The van der Waals surface area contributed by atoms with E-state index in [-0.39, 0.29) is 0 Å². The van der Waals surface area contributed by atoms with Crippen LogP contribution in [-0.4, -0.2) is 25.0 Å². The van der Waals surface area contributed by atoms with Gasteiger partial charge in [-0.1, -0.05) is 51.5 Å². The fourth-order valence-electron chi connectivity index (χ4n) is 2.44. The zero-order valence-electron chi connectivity index (χ0n) is 14.2. The van der Waals surface area contributed by atoms with E-state index in [2.05, 4.69) is 17.0 Å². The van der Waals surface area contributed by atoms with Crippen molar-refractivity contribution in [1.82, 2.24) is 5.32 Å². The Morgan fingerprint density at radius 2 is 1.79 bits per heavy atom. The highest BCUT2D eigenvalue weighted by atomic mass is 19.2. The average molecular weight is 341 g/mol. The summed E-state index contributed by atoms with van der Waals surface area (Å²) in [5.74, 6) is -3.74. The maximum atomic E-state index is 13.7. The minimum Gasteiger partial charge on any atom is -0.467 e. The van der Waals surface area contributed by atoms with Crippen LogP contribution in [0.1, 0.15) is 62.2 Å². The number of amides is 1. The molecule has 0 radical (unpaired) electrons. The standard InChI is InChI=1S/C18H25F2NO3/c1-3-4-5-6-7-8-12-15(18(23)24-2)21-17(22)13-10-9-11-14(19)16(13)20/h9-11,15H,3-8,12H2,1-2H3,(H,21,22)/t15-/m1/s1. The summed E-state index contributed by atoms with van der Waals surface area (Å²) in [5, 5.41) is 2.43. The third-order valence-electron chi connectivity index (χ3n) is 3.83. The summed E-state index contributed by atoms with van der Waals surface area (Å²) >= 11 is 0. The summed E-state index contributed by atoms with van der Waals surface area (Å²) in [7, 11) is 1.23. The first-order valence-corrected chi connectivity index (χ1v) is 8.34. The van der Waals surface area contributed by atoms with Crippen LogP contribution in [0.15, 0.2) is 18.2 Å². The molecule has 1 N–H and O–H groups in total. The summed E-state index contributed by atoms with van der Waals surface area (Å²) < 4.78 is 31.5. The van der Waals surface area contributed by atoms with Gasteiger partial charge >= 0.3 is 5.97 Å². The molecule has 0 fully saturated rings. The summed E-state index contributed by atoms with van der Waals surface area (Å²) in [6.45, 7) is 2.13. The average Bonchev–Trinajstić information content (AvgIpc) is 2.58. The van der Waals surface area contributed by atoms with E-state index >= 15 is 0 Å². The number of carbonyl (C=O) groups is 2. The number of halogens is 2. The summed E-state index contributed by atoms with van der Waals surface area (Å²) in [5.41, 5.74) is -0.424. The number of hydrogen-bond acceptors (Lipinski definition) is 3. The van der Waals surface area contributed by atoms with Crippen LogP contribution in [-0.2, 0) is 9.53 Å². The maximum absolute atomic E-state index is 13.7. The van der Waals surface area contributed by atoms with Gasteiger partial charge in [0.2, 0.25) is 0 Å². The normalized spacial score (nSPS) is 11.8. The quantitative estimate of drug-likeness (QED) is 0.517. The molecule has 1 aromatic carbocycles. The van der Waals surface area contributed by atoms with E-state index in [1.165, 1.54) is 25.7 Å². The predicted molar refractivity (Wildman–Crippen MR) is 87.6 cm³/mol. The molecule has 0 heterocycles. The first-order valence-electron chi connectivity index (χ1n) is 8.34. The fourth-order valence-corrected chi connectivity index (χ4v) is 2.44. The molecule has 0 aliphatic heterocycles.